The number of hydrogen-bond acceptors (Lipinski definition) is 2. The summed E-state index contributed by atoms with van der Waals surface area (Å²) in [7, 11) is 0. The Morgan fingerprint density at radius 1 is 1.16 bits per heavy atom. The van der Waals surface area contributed by atoms with Crippen molar-refractivity contribution in [2.24, 2.45) is 5.92 Å². The molecule has 1 aliphatic carbocycles. The predicted molar refractivity (Wildman–Crippen MR) is 151 cm³/mol. The Balaban J connectivity index is 1.39. The maximum atomic E-state index is 14.3. The third kappa shape index (κ3) is 7.07. The van der Waals surface area contributed by atoms with Gasteiger partial charge in [0, 0.05) is 40.8 Å². The normalized spacial score (nSPS) is 13.7. The molecule has 194 valence electrons. The van der Waals surface area contributed by atoms with Gasteiger partial charge < -0.3 is 10.3 Å². The SMILES string of the molecule is CCCN(CCCC1=CC(NC(=O)C(C)C)=CC=CC1)Cc1c[nH]c2cc(-c3ccccc3F)ccc12. The standard InChI is InChI=1S/C32H38FN3O/c1-4-17-36(18-9-11-24-10-5-6-12-27(19-24)35-32(37)23(2)3)22-26-21-34-31-20-25(15-16-29(26)31)28-13-7-8-14-30(28)33/h5-8,12-16,19-21,23,34H,4,9-11,17-18,22H2,1-3H3,(H,35,37). The lowest BCUT2D eigenvalue weighted by Gasteiger charge is -2.22. The van der Waals surface area contributed by atoms with Crippen molar-refractivity contribution in [3.05, 3.63) is 95.6 Å². The van der Waals surface area contributed by atoms with E-state index < -0.39 is 0 Å². The second kappa shape index (κ2) is 12.7. The lowest BCUT2D eigenvalue weighted by molar-refractivity contribution is -0.123. The molecule has 5 heteroatoms. The number of nitrogens with zero attached hydrogens (tertiary/aromatic N) is 1. The summed E-state index contributed by atoms with van der Waals surface area (Å²) in [6.45, 7) is 8.95. The van der Waals surface area contributed by atoms with Gasteiger partial charge in [-0.25, -0.2) is 4.39 Å². The topological polar surface area (TPSA) is 48.1 Å². The molecule has 0 spiro atoms. The highest BCUT2D eigenvalue weighted by Crippen LogP contribution is 2.28. The number of carbonyl (C=O) groups is 1. The van der Waals surface area contributed by atoms with E-state index in [1.165, 1.54) is 22.6 Å². The lowest BCUT2D eigenvalue weighted by atomic mass is 10.0. The van der Waals surface area contributed by atoms with E-state index in [2.05, 4.69) is 46.5 Å². The first kappa shape index (κ1) is 26.6. The molecular weight excluding hydrogens is 461 g/mol. The largest absolute Gasteiger partial charge is 0.361 e. The van der Waals surface area contributed by atoms with Gasteiger partial charge in [0.05, 0.1) is 0 Å². The Hall–Kier alpha value is -3.44. The fourth-order valence-electron chi connectivity index (χ4n) is 4.79. The Morgan fingerprint density at radius 2 is 2.00 bits per heavy atom. The van der Waals surface area contributed by atoms with Crippen LogP contribution in [0.2, 0.25) is 0 Å². The van der Waals surface area contributed by atoms with Crippen LogP contribution in [0.5, 0.6) is 0 Å². The monoisotopic (exact) mass is 499 g/mol. The Kier molecular flexibility index (Phi) is 9.13. The van der Waals surface area contributed by atoms with Crippen LogP contribution in [0.25, 0.3) is 22.0 Å². The predicted octanol–water partition coefficient (Wildman–Crippen LogP) is 7.51. The van der Waals surface area contributed by atoms with Crippen molar-refractivity contribution in [3.8, 4) is 11.1 Å². The zero-order valence-corrected chi connectivity index (χ0v) is 22.2. The molecule has 2 aromatic carbocycles. The van der Waals surface area contributed by atoms with Crippen molar-refractivity contribution < 1.29 is 9.18 Å². The number of benzene rings is 2. The average molecular weight is 500 g/mol. The van der Waals surface area contributed by atoms with E-state index >= 15 is 0 Å². The highest BCUT2D eigenvalue weighted by atomic mass is 19.1. The molecule has 37 heavy (non-hydrogen) atoms. The van der Waals surface area contributed by atoms with Crippen molar-refractivity contribution in [2.75, 3.05) is 13.1 Å². The van der Waals surface area contributed by atoms with Crippen molar-refractivity contribution in [1.82, 2.24) is 15.2 Å². The molecule has 1 amide bonds. The van der Waals surface area contributed by atoms with E-state index in [0.717, 1.165) is 62.1 Å². The summed E-state index contributed by atoms with van der Waals surface area (Å²) >= 11 is 0. The number of H-pyrrole nitrogens is 1. The summed E-state index contributed by atoms with van der Waals surface area (Å²) in [5, 5.41) is 4.22. The molecular formula is C32H38FN3O. The number of aromatic amines is 1. The van der Waals surface area contributed by atoms with Crippen LogP contribution in [-0.4, -0.2) is 28.9 Å². The van der Waals surface area contributed by atoms with Gasteiger partial charge in [0.1, 0.15) is 5.82 Å². The maximum Gasteiger partial charge on any atom is 0.226 e. The molecule has 0 unspecified atom stereocenters. The molecule has 0 aliphatic heterocycles. The molecule has 0 saturated heterocycles. The molecule has 0 fully saturated rings. The fraction of sp³-hybridized carbons (Fsp3) is 0.344. The number of halogens is 1. The third-order valence-electron chi connectivity index (χ3n) is 6.80. The van der Waals surface area contributed by atoms with Gasteiger partial charge in [0.2, 0.25) is 5.91 Å². The zero-order valence-electron chi connectivity index (χ0n) is 22.2. The van der Waals surface area contributed by atoms with Crippen LogP contribution in [0.15, 0.2) is 84.2 Å². The van der Waals surface area contributed by atoms with E-state index in [4.69, 9.17) is 0 Å². The quantitative estimate of drug-likeness (QED) is 0.287. The molecule has 1 aliphatic rings. The molecule has 3 aromatic rings. The first-order chi connectivity index (χ1) is 17.9. The number of allylic oxidation sites excluding steroid dienone is 5. The van der Waals surface area contributed by atoms with Gasteiger partial charge in [-0.3, -0.25) is 9.69 Å². The minimum absolute atomic E-state index is 0.0387. The van der Waals surface area contributed by atoms with E-state index in [0.29, 0.717) is 5.56 Å². The van der Waals surface area contributed by atoms with Crippen LogP contribution in [0, 0.1) is 11.7 Å². The summed E-state index contributed by atoms with van der Waals surface area (Å²) in [6, 6.07) is 13.1. The minimum atomic E-state index is -0.202. The molecule has 4 nitrogen and oxygen atoms in total. The molecule has 1 aromatic heterocycles. The first-order valence-corrected chi connectivity index (χ1v) is 13.4. The van der Waals surface area contributed by atoms with Crippen LogP contribution in [0.4, 0.5) is 4.39 Å². The van der Waals surface area contributed by atoms with E-state index in [1.807, 2.05) is 50.3 Å². The zero-order chi connectivity index (χ0) is 26.2. The van der Waals surface area contributed by atoms with E-state index in [1.54, 1.807) is 6.07 Å². The van der Waals surface area contributed by atoms with Gasteiger partial charge >= 0.3 is 0 Å². The molecule has 1 heterocycles. The summed E-state index contributed by atoms with van der Waals surface area (Å²) in [6.07, 6.45) is 14.5. The molecule has 0 radical (unpaired) electrons. The molecule has 4 rings (SSSR count). The van der Waals surface area contributed by atoms with Gasteiger partial charge in [0.15, 0.2) is 0 Å². The van der Waals surface area contributed by atoms with Gasteiger partial charge in [-0.05, 0) is 74.2 Å². The number of nitrogens with one attached hydrogen (secondary N) is 2. The van der Waals surface area contributed by atoms with E-state index in [9.17, 15) is 9.18 Å². The fourth-order valence-corrected chi connectivity index (χ4v) is 4.79. The second-order valence-corrected chi connectivity index (χ2v) is 10.1. The van der Waals surface area contributed by atoms with Crippen LogP contribution >= 0.6 is 0 Å². The number of amides is 1. The van der Waals surface area contributed by atoms with Crippen LogP contribution in [-0.2, 0) is 11.3 Å². The van der Waals surface area contributed by atoms with Gasteiger partial charge in [-0.2, -0.15) is 0 Å². The van der Waals surface area contributed by atoms with Gasteiger partial charge in [0.25, 0.3) is 0 Å². The highest BCUT2D eigenvalue weighted by Gasteiger charge is 2.13. The Morgan fingerprint density at radius 3 is 2.78 bits per heavy atom. The van der Waals surface area contributed by atoms with Crippen molar-refractivity contribution >= 4 is 16.8 Å². The Labute approximate surface area is 220 Å². The maximum absolute atomic E-state index is 14.3. The third-order valence-corrected chi connectivity index (χ3v) is 6.80. The van der Waals surface area contributed by atoms with Crippen LogP contribution in [0.3, 0.4) is 0 Å². The first-order valence-electron chi connectivity index (χ1n) is 13.4. The van der Waals surface area contributed by atoms with Crippen molar-refractivity contribution in [2.45, 2.75) is 53.0 Å². The van der Waals surface area contributed by atoms with E-state index in [-0.39, 0.29) is 17.6 Å². The average Bonchev–Trinajstić information content (AvgIpc) is 3.14. The number of carbonyl (C=O) groups excluding carboxylic acids is 1. The molecule has 2 N–H and O–H groups in total. The van der Waals surface area contributed by atoms with Gasteiger partial charge in [-0.15, -0.1) is 0 Å². The van der Waals surface area contributed by atoms with Crippen LogP contribution in [0.1, 0.15) is 52.0 Å². The summed E-state index contributed by atoms with van der Waals surface area (Å²) in [5.41, 5.74) is 6.02. The summed E-state index contributed by atoms with van der Waals surface area (Å²) < 4.78 is 14.3. The number of rotatable bonds is 11. The molecule has 0 saturated carbocycles. The molecule has 0 atom stereocenters. The van der Waals surface area contributed by atoms with Crippen molar-refractivity contribution in [3.63, 3.8) is 0 Å². The number of aromatic nitrogens is 1. The summed E-state index contributed by atoms with van der Waals surface area (Å²) in [4.78, 5) is 18.0. The summed E-state index contributed by atoms with van der Waals surface area (Å²) in [5.74, 6) is -0.193. The van der Waals surface area contributed by atoms with Gasteiger partial charge in [-0.1, -0.05) is 68.8 Å². The Bertz CT molecular complexity index is 1310. The number of hydrogen-bond donors (Lipinski definition) is 2. The molecule has 0 bridgehead atoms. The number of fused-ring (bicyclic) bond motifs is 1. The van der Waals surface area contributed by atoms with Crippen molar-refractivity contribution in [1.29, 1.82) is 0 Å². The second-order valence-electron chi connectivity index (χ2n) is 10.1. The smallest absolute Gasteiger partial charge is 0.226 e. The minimum Gasteiger partial charge on any atom is -0.361 e. The highest BCUT2D eigenvalue weighted by molar-refractivity contribution is 5.87. The van der Waals surface area contributed by atoms with Crippen LogP contribution < -0.4 is 5.32 Å². The lowest BCUT2D eigenvalue weighted by Crippen LogP contribution is -2.26.